The molecule has 1 aromatic rings. The lowest BCUT2D eigenvalue weighted by atomic mass is 10.2. The molecule has 4 N–H and O–H groups in total. The Labute approximate surface area is 86.8 Å². The minimum Gasteiger partial charge on any atom is -0.394 e. The van der Waals surface area contributed by atoms with Gasteiger partial charge in [-0.1, -0.05) is 6.92 Å². The SMILES string of the molecule is CSCC(C)C(=O)Nc1[nH]ncc1N. The van der Waals surface area contributed by atoms with Crippen molar-refractivity contribution in [2.75, 3.05) is 23.1 Å². The van der Waals surface area contributed by atoms with E-state index in [2.05, 4.69) is 15.5 Å². The summed E-state index contributed by atoms with van der Waals surface area (Å²) in [5.41, 5.74) is 6.00. The topological polar surface area (TPSA) is 83.8 Å². The van der Waals surface area contributed by atoms with Crippen LogP contribution in [-0.2, 0) is 4.79 Å². The zero-order valence-electron chi connectivity index (χ0n) is 8.20. The third-order valence-corrected chi connectivity index (χ3v) is 2.61. The fraction of sp³-hybridized carbons (Fsp3) is 0.500. The number of aromatic amines is 1. The lowest BCUT2D eigenvalue weighted by Crippen LogP contribution is -2.22. The predicted molar refractivity (Wildman–Crippen MR) is 59.2 cm³/mol. The van der Waals surface area contributed by atoms with Gasteiger partial charge in [-0.05, 0) is 6.26 Å². The molecule has 0 saturated carbocycles. The highest BCUT2D eigenvalue weighted by Gasteiger charge is 2.13. The van der Waals surface area contributed by atoms with Gasteiger partial charge < -0.3 is 11.1 Å². The van der Waals surface area contributed by atoms with Crippen LogP contribution in [0.3, 0.4) is 0 Å². The zero-order chi connectivity index (χ0) is 10.6. The van der Waals surface area contributed by atoms with Crippen molar-refractivity contribution >= 4 is 29.2 Å². The summed E-state index contributed by atoms with van der Waals surface area (Å²) in [5.74, 6) is 1.19. The van der Waals surface area contributed by atoms with E-state index in [1.54, 1.807) is 11.8 Å². The molecule has 1 aromatic heterocycles. The second-order valence-electron chi connectivity index (χ2n) is 3.05. The lowest BCUT2D eigenvalue weighted by molar-refractivity contribution is -0.118. The number of nitrogens with zero attached hydrogens (tertiary/aromatic N) is 1. The maximum Gasteiger partial charge on any atom is 0.229 e. The van der Waals surface area contributed by atoms with Gasteiger partial charge in [0.25, 0.3) is 0 Å². The van der Waals surface area contributed by atoms with E-state index in [0.717, 1.165) is 5.75 Å². The Balaban J connectivity index is 2.53. The minimum atomic E-state index is -0.0460. The molecule has 0 aromatic carbocycles. The van der Waals surface area contributed by atoms with Gasteiger partial charge in [0.2, 0.25) is 5.91 Å². The standard InChI is InChI=1S/C8H14N4OS/c1-5(4-14-2)8(13)11-7-6(9)3-10-12-7/h3,5H,4,9H2,1-2H3,(H2,10,11,12,13). The van der Waals surface area contributed by atoms with Crippen LogP contribution in [0.5, 0.6) is 0 Å². The van der Waals surface area contributed by atoms with E-state index in [1.165, 1.54) is 6.20 Å². The molecule has 78 valence electrons. The molecule has 1 unspecified atom stereocenters. The molecule has 0 saturated heterocycles. The largest absolute Gasteiger partial charge is 0.394 e. The Morgan fingerprint density at radius 1 is 1.86 bits per heavy atom. The average Bonchev–Trinajstić information content (AvgIpc) is 2.52. The van der Waals surface area contributed by atoms with E-state index < -0.39 is 0 Å². The molecule has 0 aliphatic carbocycles. The summed E-state index contributed by atoms with van der Waals surface area (Å²) in [5, 5.41) is 9.01. The highest BCUT2D eigenvalue weighted by atomic mass is 32.2. The average molecular weight is 214 g/mol. The van der Waals surface area contributed by atoms with E-state index in [9.17, 15) is 4.79 Å². The van der Waals surface area contributed by atoms with Gasteiger partial charge in [-0.25, -0.2) is 0 Å². The first-order chi connectivity index (χ1) is 6.65. The molecule has 14 heavy (non-hydrogen) atoms. The second kappa shape index (κ2) is 4.90. The number of aromatic nitrogens is 2. The monoisotopic (exact) mass is 214 g/mol. The summed E-state index contributed by atoms with van der Waals surface area (Å²) in [6, 6.07) is 0. The Morgan fingerprint density at radius 3 is 3.07 bits per heavy atom. The van der Waals surface area contributed by atoms with Crippen molar-refractivity contribution in [1.82, 2.24) is 10.2 Å². The van der Waals surface area contributed by atoms with Crippen molar-refractivity contribution in [3.63, 3.8) is 0 Å². The van der Waals surface area contributed by atoms with Crippen LogP contribution in [0.4, 0.5) is 11.5 Å². The molecule has 0 spiro atoms. The molecular weight excluding hydrogens is 200 g/mol. The number of nitrogen functional groups attached to an aromatic ring is 1. The molecule has 5 nitrogen and oxygen atoms in total. The maximum atomic E-state index is 11.5. The van der Waals surface area contributed by atoms with E-state index in [4.69, 9.17) is 5.73 Å². The Kier molecular flexibility index (Phi) is 3.82. The van der Waals surface area contributed by atoms with Crippen molar-refractivity contribution in [2.24, 2.45) is 5.92 Å². The molecular formula is C8H14N4OS. The van der Waals surface area contributed by atoms with E-state index in [-0.39, 0.29) is 11.8 Å². The fourth-order valence-corrected chi connectivity index (χ4v) is 1.62. The third-order valence-electron chi connectivity index (χ3n) is 1.78. The molecule has 1 rings (SSSR count). The Hall–Kier alpha value is -1.17. The third kappa shape index (κ3) is 2.66. The molecule has 0 radical (unpaired) electrons. The number of hydrogen-bond acceptors (Lipinski definition) is 4. The number of nitrogens with two attached hydrogens (primary N) is 1. The van der Waals surface area contributed by atoms with Crippen LogP contribution in [0.2, 0.25) is 0 Å². The number of H-pyrrole nitrogens is 1. The first kappa shape index (κ1) is 10.9. The summed E-state index contributed by atoms with van der Waals surface area (Å²) in [7, 11) is 0. The van der Waals surface area contributed by atoms with Gasteiger partial charge in [-0.2, -0.15) is 16.9 Å². The molecule has 6 heteroatoms. The fourth-order valence-electron chi connectivity index (χ4n) is 0.968. The van der Waals surface area contributed by atoms with Crippen LogP contribution < -0.4 is 11.1 Å². The normalized spacial score (nSPS) is 12.4. The summed E-state index contributed by atoms with van der Waals surface area (Å²) >= 11 is 1.64. The van der Waals surface area contributed by atoms with Crippen molar-refractivity contribution in [3.05, 3.63) is 6.20 Å². The summed E-state index contributed by atoms with van der Waals surface area (Å²) in [6.07, 6.45) is 3.43. The number of nitrogens with one attached hydrogen (secondary N) is 2. The van der Waals surface area contributed by atoms with Crippen molar-refractivity contribution < 1.29 is 4.79 Å². The quantitative estimate of drug-likeness (QED) is 0.696. The maximum absolute atomic E-state index is 11.5. The molecule has 1 atom stereocenters. The van der Waals surface area contributed by atoms with Gasteiger partial charge in [-0.15, -0.1) is 0 Å². The number of carbonyl (C=O) groups is 1. The highest BCUT2D eigenvalue weighted by molar-refractivity contribution is 7.98. The van der Waals surface area contributed by atoms with Crippen molar-refractivity contribution in [2.45, 2.75) is 6.92 Å². The Morgan fingerprint density at radius 2 is 2.57 bits per heavy atom. The zero-order valence-corrected chi connectivity index (χ0v) is 9.02. The number of thioether (sulfide) groups is 1. The Bertz CT molecular complexity index is 312. The van der Waals surface area contributed by atoms with E-state index in [1.807, 2.05) is 13.2 Å². The van der Waals surface area contributed by atoms with Crippen LogP contribution in [0, 0.1) is 5.92 Å². The van der Waals surface area contributed by atoms with Crippen molar-refractivity contribution in [1.29, 1.82) is 0 Å². The van der Waals surface area contributed by atoms with Gasteiger partial charge in [0.1, 0.15) is 0 Å². The van der Waals surface area contributed by atoms with Crippen LogP contribution in [0.25, 0.3) is 0 Å². The summed E-state index contributed by atoms with van der Waals surface area (Å²) in [4.78, 5) is 11.5. The van der Waals surface area contributed by atoms with Gasteiger partial charge in [-0.3, -0.25) is 9.89 Å². The highest BCUT2D eigenvalue weighted by Crippen LogP contribution is 2.14. The van der Waals surface area contributed by atoms with E-state index in [0.29, 0.717) is 11.5 Å². The second-order valence-corrected chi connectivity index (χ2v) is 3.96. The summed E-state index contributed by atoms with van der Waals surface area (Å²) < 4.78 is 0. The van der Waals surface area contributed by atoms with Crippen LogP contribution in [-0.4, -0.2) is 28.1 Å². The molecule has 1 heterocycles. The van der Waals surface area contributed by atoms with E-state index >= 15 is 0 Å². The van der Waals surface area contributed by atoms with Crippen LogP contribution in [0.1, 0.15) is 6.92 Å². The van der Waals surface area contributed by atoms with Crippen LogP contribution >= 0.6 is 11.8 Å². The van der Waals surface area contributed by atoms with Gasteiger partial charge in [0.15, 0.2) is 5.82 Å². The number of amides is 1. The number of anilines is 2. The van der Waals surface area contributed by atoms with Gasteiger partial charge in [0, 0.05) is 11.7 Å². The van der Waals surface area contributed by atoms with Gasteiger partial charge >= 0.3 is 0 Å². The smallest absolute Gasteiger partial charge is 0.229 e. The van der Waals surface area contributed by atoms with Crippen molar-refractivity contribution in [3.8, 4) is 0 Å². The minimum absolute atomic E-state index is 0.0345. The molecule has 0 bridgehead atoms. The molecule has 0 fully saturated rings. The predicted octanol–water partition coefficient (Wildman–Crippen LogP) is 0.929. The van der Waals surface area contributed by atoms with Crippen LogP contribution in [0.15, 0.2) is 6.20 Å². The number of carbonyl (C=O) groups excluding carboxylic acids is 1. The lowest BCUT2D eigenvalue weighted by Gasteiger charge is -2.09. The number of rotatable bonds is 4. The molecule has 1 amide bonds. The van der Waals surface area contributed by atoms with Gasteiger partial charge in [0.05, 0.1) is 11.9 Å². The molecule has 0 aliphatic rings. The first-order valence-corrected chi connectivity index (χ1v) is 5.63. The summed E-state index contributed by atoms with van der Waals surface area (Å²) in [6.45, 7) is 1.87. The first-order valence-electron chi connectivity index (χ1n) is 4.23. The number of hydrogen-bond donors (Lipinski definition) is 3. The molecule has 0 aliphatic heterocycles.